The van der Waals surface area contributed by atoms with Gasteiger partial charge in [-0.1, -0.05) is 13.3 Å². The molecule has 1 aromatic rings. The first-order chi connectivity index (χ1) is 9.13. The number of aromatic nitrogens is 1. The molecule has 1 fully saturated rings. The Hall–Kier alpha value is -1.58. The van der Waals surface area contributed by atoms with Gasteiger partial charge in [-0.15, -0.1) is 0 Å². The molecule has 0 saturated heterocycles. The molecule has 1 saturated carbocycles. The van der Waals surface area contributed by atoms with Crippen molar-refractivity contribution in [2.45, 2.75) is 45.1 Å². The van der Waals surface area contributed by atoms with Crippen molar-refractivity contribution >= 4 is 5.91 Å². The van der Waals surface area contributed by atoms with Crippen LogP contribution in [-0.2, 0) is 0 Å². The van der Waals surface area contributed by atoms with Gasteiger partial charge >= 0.3 is 0 Å². The highest BCUT2D eigenvalue weighted by atomic mass is 16.3. The number of amides is 1. The smallest absolute Gasteiger partial charge is 0.276 e. The lowest BCUT2D eigenvalue weighted by Gasteiger charge is -2.34. The van der Waals surface area contributed by atoms with E-state index in [4.69, 9.17) is 0 Å². The van der Waals surface area contributed by atoms with E-state index in [1.807, 2.05) is 7.05 Å². The van der Waals surface area contributed by atoms with Crippen LogP contribution in [0.15, 0.2) is 18.3 Å². The van der Waals surface area contributed by atoms with E-state index in [1.165, 1.54) is 31.5 Å². The number of aromatic hydroxyl groups is 1. The zero-order chi connectivity index (χ0) is 13.8. The van der Waals surface area contributed by atoms with Crippen LogP contribution in [-0.4, -0.2) is 34.0 Å². The minimum absolute atomic E-state index is 0.0402. The van der Waals surface area contributed by atoms with Gasteiger partial charge in [0.2, 0.25) is 0 Å². The Kier molecular flexibility index (Phi) is 4.40. The standard InChI is InChI=1S/C15H22N2O2/c1-3-11-6-8-12(9-7-11)17(2)15(19)14-13(18)5-4-10-16-14/h4-5,10-12,18H,3,6-9H2,1-2H3. The molecule has 0 unspecified atom stereocenters. The fourth-order valence-electron chi connectivity index (χ4n) is 2.83. The molecule has 0 spiro atoms. The largest absolute Gasteiger partial charge is 0.505 e. The molecule has 1 aliphatic rings. The molecule has 1 aliphatic carbocycles. The molecule has 1 aromatic heterocycles. The number of rotatable bonds is 3. The third kappa shape index (κ3) is 3.06. The summed E-state index contributed by atoms with van der Waals surface area (Å²) in [6, 6.07) is 3.40. The zero-order valence-corrected chi connectivity index (χ0v) is 11.7. The lowest BCUT2D eigenvalue weighted by atomic mass is 9.84. The van der Waals surface area contributed by atoms with Gasteiger partial charge in [-0.3, -0.25) is 4.79 Å². The maximum atomic E-state index is 12.3. The van der Waals surface area contributed by atoms with Crippen molar-refractivity contribution in [2.24, 2.45) is 5.92 Å². The normalized spacial score (nSPS) is 23.1. The van der Waals surface area contributed by atoms with Crippen LogP contribution in [0.1, 0.15) is 49.5 Å². The second-order valence-corrected chi connectivity index (χ2v) is 5.37. The van der Waals surface area contributed by atoms with E-state index >= 15 is 0 Å². The van der Waals surface area contributed by atoms with Crippen molar-refractivity contribution in [3.05, 3.63) is 24.0 Å². The van der Waals surface area contributed by atoms with Crippen LogP contribution >= 0.6 is 0 Å². The first-order valence-corrected chi connectivity index (χ1v) is 7.04. The average molecular weight is 262 g/mol. The van der Waals surface area contributed by atoms with Crippen molar-refractivity contribution < 1.29 is 9.90 Å². The summed E-state index contributed by atoms with van der Waals surface area (Å²) in [5, 5.41) is 9.70. The average Bonchev–Trinajstić information content (AvgIpc) is 2.46. The summed E-state index contributed by atoms with van der Waals surface area (Å²) >= 11 is 0. The zero-order valence-electron chi connectivity index (χ0n) is 11.7. The first-order valence-electron chi connectivity index (χ1n) is 7.04. The molecule has 2 rings (SSSR count). The molecular formula is C15H22N2O2. The van der Waals surface area contributed by atoms with Crippen molar-refractivity contribution in [3.8, 4) is 5.75 Å². The summed E-state index contributed by atoms with van der Waals surface area (Å²) in [7, 11) is 1.81. The number of carbonyl (C=O) groups is 1. The van der Waals surface area contributed by atoms with Gasteiger partial charge in [0.25, 0.3) is 5.91 Å². The third-order valence-corrected chi connectivity index (χ3v) is 4.25. The molecule has 1 N–H and O–H groups in total. The van der Waals surface area contributed by atoms with Crippen molar-refractivity contribution in [2.75, 3.05) is 7.05 Å². The Morgan fingerprint density at radius 2 is 2.11 bits per heavy atom. The molecule has 104 valence electrons. The third-order valence-electron chi connectivity index (χ3n) is 4.25. The monoisotopic (exact) mass is 262 g/mol. The van der Waals surface area contributed by atoms with Crippen molar-refractivity contribution in [3.63, 3.8) is 0 Å². The van der Waals surface area contributed by atoms with Gasteiger partial charge in [-0.05, 0) is 43.7 Å². The molecule has 1 amide bonds. The van der Waals surface area contributed by atoms with Crippen molar-refractivity contribution in [1.82, 2.24) is 9.88 Å². The number of hydrogen-bond donors (Lipinski definition) is 1. The Bertz CT molecular complexity index is 440. The van der Waals surface area contributed by atoms with E-state index in [1.54, 1.807) is 11.0 Å². The topological polar surface area (TPSA) is 53.4 Å². The van der Waals surface area contributed by atoms with Gasteiger partial charge in [0, 0.05) is 19.3 Å². The highest BCUT2D eigenvalue weighted by molar-refractivity contribution is 5.94. The van der Waals surface area contributed by atoms with E-state index in [0.29, 0.717) is 0 Å². The van der Waals surface area contributed by atoms with Crippen LogP contribution in [0.2, 0.25) is 0 Å². The molecule has 0 radical (unpaired) electrons. The highest BCUT2D eigenvalue weighted by Crippen LogP contribution is 2.29. The van der Waals surface area contributed by atoms with Crippen LogP contribution in [0.3, 0.4) is 0 Å². The quantitative estimate of drug-likeness (QED) is 0.911. The predicted molar refractivity (Wildman–Crippen MR) is 74.0 cm³/mol. The van der Waals surface area contributed by atoms with Gasteiger partial charge in [0.05, 0.1) is 0 Å². The molecule has 4 nitrogen and oxygen atoms in total. The SMILES string of the molecule is CCC1CCC(N(C)C(=O)c2ncccc2O)CC1. The molecule has 0 atom stereocenters. The van der Waals surface area contributed by atoms with Crippen LogP contribution in [0, 0.1) is 5.92 Å². The summed E-state index contributed by atoms with van der Waals surface area (Å²) in [4.78, 5) is 18.0. The van der Waals surface area contributed by atoms with Gasteiger partial charge in [-0.25, -0.2) is 4.98 Å². The molecule has 4 heteroatoms. The van der Waals surface area contributed by atoms with Crippen molar-refractivity contribution in [1.29, 1.82) is 0 Å². The second-order valence-electron chi connectivity index (χ2n) is 5.37. The minimum atomic E-state index is -0.182. The van der Waals surface area contributed by atoms with Crippen LogP contribution in [0.5, 0.6) is 5.75 Å². The molecule has 19 heavy (non-hydrogen) atoms. The van der Waals surface area contributed by atoms with Gasteiger partial charge in [-0.2, -0.15) is 0 Å². The number of nitrogens with zero attached hydrogens (tertiary/aromatic N) is 2. The van der Waals surface area contributed by atoms with E-state index in [9.17, 15) is 9.90 Å². The van der Waals surface area contributed by atoms with Crippen LogP contribution < -0.4 is 0 Å². The number of hydrogen-bond acceptors (Lipinski definition) is 3. The lowest BCUT2D eigenvalue weighted by Crippen LogP contribution is -2.39. The predicted octanol–water partition coefficient (Wildman–Crippen LogP) is 2.83. The van der Waals surface area contributed by atoms with Gasteiger partial charge in [0.15, 0.2) is 5.69 Å². The Balaban J connectivity index is 2.02. The fraction of sp³-hybridized carbons (Fsp3) is 0.600. The summed E-state index contributed by atoms with van der Waals surface area (Å²) in [6.45, 7) is 2.23. The molecule has 0 aromatic carbocycles. The number of pyridine rings is 1. The minimum Gasteiger partial charge on any atom is -0.505 e. The summed E-state index contributed by atoms with van der Waals surface area (Å²) in [6.07, 6.45) is 7.24. The van der Waals surface area contributed by atoms with Crippen LogP contribution in [0.25, 0.3) is 0 Å². The maximum Gasteiger partial charge on any atom is 0.276 e. The Morgan fingerprint density at radius 1 is 1.42 bits per heavy atom. The summed E-state index contributed by atoms with van der Waals surface area (Å²) in [5.74, 6) is 0.586. The van der Waals surface area contributed by atoms with Gasteiger partial charge in [0.1, 0.15) is 5.75 Å². The highest BCUT2D eigenvalue weighted by Gasteiger charge is 2.27. The maximum absolute atomic E-state index is 12.3. The molecule has 0 bridgehead atoms. The van der Waals surface area contributed by atoms with E-state index in [2.05, 4.69) is 11.9 Å². The molecule has 1 heterocycles. The van der Waals surface area contributed by atoms with E-state index < -0.39 is 0 Å². The summed E-state index contributed by atoms with van der Waals surface area (Å²) < 4.78 is 0. The Morgan fingerprint density at radius 3 is 2.68 bits per heavy atom. The fourth-order valence-corrected chi connectivity index (χ4v) is 2.83. The van der Waals surface area contributed by atoms with E-state index in [0.717, 1.165) is 18.8 Å². The lowest BCUT2D eigenvalue weighted by molar-refractivity contribution is 0.0665. The number of carbonyl (C=O) groups excluding carboxylic acids is 1. The summed E-state index contributed by atoms with van der Waals surface area (Å²) in [5.41, 5.74) is 0.155. The van der Waals surface area contributed by atoms with Crippen LogP contribution in [0.4, 0.5) is 0 Å². The van der Waals surface area contributed by atoms with Gasteiger partial charge < -0.3 is 10.0 Å². The molecule has 0 aliphatic heterocycles. The van der Waals surface area contributed by atoms with E-state index in [-0.39, 0.29) is 23.4 Å². The first kappa shape index (κ1) is 13.8. The second kappa shape index (κ2) is 6.04. The Labute approximate surface area is 114 Å². The molecular weight excluding hydrogens is 240 g/mol.